The van der Waals surface area contributed by atoms with Gasteiger partial charge in [-0.2, -0.15) is 0 Å². The summed E-state index contributed by atoms with van der Waals surface area (Å²) in [6.45, 7) is 8.98. The van der Waals surface area contributed by atoms with Crippen molar-refractivity contribution in [3.05, 3.63) is 0 Å². The fraction of sp³-hybridized carbons (Fsp3) is 0.833. The van der Waals surface area contributed by atoms with Crippen molar-refractivity contribution >= 4 is 11.8 Å². The number of hydrogen-bond acceptors (Lipinski definition) is 4. The van der Waals surface area contributed by atoms with E-state index >= 15 is 0 Å². The standard InChI is InChI=1S/C12H23N3O3/c1-8(10(16)15-12(2,3)4)14-11(17)9-7-18-6-5-13-9/h8-9,13H,5-7H2,1-4H3,(H,14,17)(H,15,16). The number of morpholine rings is 1. The average molecular weight is 257 g/mol. The number of hydrogen-bond donors (Lipinski definition) is 3. The molecule has 3 N–H and O–H groups in total. The van der Waals surface area contributed by atoms with E-state index in [-0.39, 0.29) is 23.4 Å². The molecule has 1 heterocycles. The van der Waals surface area contributed by atoms with Gasteiger partial charge in [-0.05, 0) is 27.7 Å². The molecule has 1 saturated heterocycles. The van der Waals surface area contributed by atoms with Gasteiger partial charge in [-0.15, -0.1) is 0 Å². The number of rotatable bonds is 3. The number of nitrogens with one attached hydrogen (secondary N) is 3. The Hall–Kier alpha value is -1.14. The highest BCUT2D eigenvalue weighted by Gasteiger charge is 2.25. The molecule has 0 radical (unpaired) electrons. The van der Waals surface area contributed by atoms with E-state index in [9.17, 15) is 9.59 Å². The molecule has 1 aliphatic rings. The number of carbonyl (C=O) groups excluding carboxylic acids is 2. The first-order valence-electron chi connectivity index (χ1n) is 6.23. The Labute approximate surface area is 108 Å². The van der Waals surface area contributed by atoms with Gasteiger partial charge in [0.2, 0.25) is 11.8 Å². The SMILES string of the molecule is CC(NC(=O)C1COCCN1)C(=O)NC(C)(C)C. The summed E-state index contributed by atoms with van der Waals surface area (Å²) in [5.41, 5.74) is -0.303. The minimum absolute atomic E-state index is 0.187. The summed E-state index contributed by atoms with van der Waals surface area (Å²) < 4.78 is 5.20. The highest BCUT2D eigenvalue weighted by atomic mass is 16.5. The maximum absolute atomic E-state index is 11.8. The van der Waals surface area contributed by atoms with Crippen molar-refractivity contribution in [1.82, 2.24) is 16.0 Å². The molecule has 18 heavy (non-hydrogen) atoms. The molecule has 0 aromatic heterocycles. The molecule has 2 unspecified atom stereocenters. The van der Waals surface area contributed by atoms with Gasteiger partial charge in [0.25, 0.3) is 0 Å². The fourth-order valence-electron chi connectivity index (χ4n) is 1.59. The normalized spacial score (nSPS) is 22.1. The monoisotopic (exact) mass is 257 g/mol. The second-order valence-corrected chi connectivity index (χ2v) is 5.55. The molecule has 1 fully saturated rings. The van der Waals surface area contributed by atoms with Crippen molar-refractivity contribution in [2.45, 2.75) is 45.3 Å². The van der Waals surface area contributed by atoms with Gasteiger partial charge in [0.15, 0.2) is 0 Å². The first kappa shape index (κ1) is 14.9. The molecule has 6 heteroatoms. The summed E-state index contributed by atoms with van der Waals surface area (Å²) in [6, 6.07) is -0.927. The fourth-order valence-corrected chi connectivity index (χ4v) is 1.59. The third-order valence-electron chi connectivity index (χ3n) is 2.49. The molecule has 1 rings (SSSR count). The largest absolute Gasteiger partial charge is 0.378 e. The summed E-state index contributed by atoms with van der Waals surface area (Å²) in [6.07, 6.45) is 0. The summed E-state index contributed by atoms with van der Waals surface area (Å²) >= 11 is 0. The van der Waals surface area contributed by atoms with Crippen molar-refractivity contribution < 1.29 is 14.3 Å². The van der Waals surface area contributed by atoms with Crippen LogP contribution in [0.2, 0.25) is 0 Å². The molecule has 2 atom stereocenters. The van der Waals surface area contributed by atoms with E-state index in [1.165, 1.54) is 0 Å². The molecule has 1 aliphatic heterocycles. The Bertz CT molecular complexity index is 306. The molecule has 2 amide bonds. The maximum atomic E-state index is 11.8. The predicted octanol–water partition coefficient (Wildman–Crippen LogP) is -0.606. The highest BCUT2D eigenvalue weighted by Crippen LogP contribution is 2.00. The molecule has 0 aromatic carbocycles. The summed E-state index contributed by atoms with van der Waals surface area (Å²) in [4.78, 5) is 23.6. The Kier molecular flexibility index (Phi) is 5.10. The Morgan fingerprint density at radius 1 is 1.39 bits per heavy atom. The minimum Gasteiger partial charge on any atom is -0.378 e. The summed E-state index contributed by atoms with van der Waals surface area (Å²) in [5.74, 6) is -0.390. The van der Waals surface area contributed by atoms with Gasteiger partial charge in [-0.1, -0.05) is 0 Å². The molecule has 0 bridgehead atoms. The molecule has 0 aromatic rings. The summed E-state index contributed by atoms with van der Waals surface area (Å²) in [5, 5.41) is 8.54. The van der Waals surface area contributed by atoms with Crippen LogP contribution in [0.3, 0.4) is 0 Å². The van der Waals surface area contributed by atoms with Crippen molar-refractivity contribution in [3.63, 3.8) is 0 Å². The van der Waals surface area contributed by atoms with Gasteiger partial charge in [-0.3, -0.25) is 9.59 Å². The lowest BCUT2D eigenvalue weighted by atomic mass is 10.1. The number of amides is 2. The topological polar surface area (TPSA) is 79.5 Å². The molecule has 104 valence electrons. The zero-order valence-corrected chi connectivity index (χ0v) is 11.5. The van der Waals surface area contributed by atoms with E-state index in [1.54, 1.807) is 6.92 Å². The summed E-state index contributed by atoms with van der Waals surface area (Å²) in [7, 11) is 0. The van der Waals surface area contributed by atoms with Crippen LogP contribution in [-0.4, -0.2) is 49.2 Å². The molecule has 0 spiro atoms. The van der Waals surface area contributed by atoms with Gasteiger partial charge >= 0.3 is 0 Å². The molecule has 6 nitrogen and oxygen atoms in total. The van der Waals surface area contributed by atoms with Gasteiger partial charge in [0.1, 0.15) is 12.1 Å². The second kappa shape index (κ2) is 6.15. The smallest absolute Gasteiger partial charge is 0.242 e. The van der Waals surface area contributed by atoms with Gasteiger partial charge in [0, 0.05) is 12.1 Å². The molecular formula is C12H23N3O3. The molecular weight excluding hydrogens is 234 g/mol. The first-order valence-corrected chi connectivity index (χ1v) is 6.23. The van der Waals surface area contributed by atoms with Gasteiger partial charge in [-0.25, -0.2) is 0 Å². The van der Waals surface area contributed by atoms with Gasteiger partial charge in [0.05, 0.1) is 13.2 Å². The Morgan fingerprint density at radius 3 is 2.56 bits per heavy atom. The van der Waals surface area contributed by atoms with Crippen LogP contribution < -0.4 is 16.0 Å². The van der Waals surface area contributed by atoms with Crippen LogP contribution in [0.5, 0.6) is 0 Å². The highest BCUT2D eigenvalue weighted by molar-refractivity contribution is 5.89. The number of carbonyl (C=O) groups is 2. The van der Waals surface area contributed by atoms with E-state index < -0.39 is 6.04 Å². The Morgan fingerprint density at radius 2 is 2.06 bits per heavy atom. The van der Waals surface area contributed by atoms with Crippen LogP contribution in [0.4, 0.5) is 0 Å². The van der Waals surface area contributed by atoms with E-state index in [0.717, 1.165) is 0 Å². The predicted molar refractivity (Wildman–Crippen MR) is 68.1 cm³/mol. The second-order valence-electron chi connectivity index (χ2n) is 5.55. The lowest BCUT2D eigenvalue weighted by molar-refractivity contribution is -0.132. The molecule has 0 aliphatic carbocycles. The van der Waals surface area contributed by atoms with Gasteiger partial charge < -0.3 is 20.7 Å². The average Bonchev–Trinajstić information content (AvgIpc) is 2.27. The zero-order valence-electron chi connectivity index (χ0n) is 11.5. The minimum atomic E-state index is -0.555. The van der Waals surface area contributed by atoms with Crippen LogP contribution in [0.15, 0.2) is 0 Å². The van der Waals surface area contributed by atoms with E-state index in [2.05, 4.69) is 16.0 Å². The lowest BCUT2D eigenvalue weighted by Gasteiger charge is -2.26. The van der Waals surface area contributed by atoms with Crippen molar-refractivity contribution in [2.75, 3.05) is 19.8 Å². The van der Waals surface area contributed by atoms with Crippen LogP contribution in [0.1, 0.15) is 27.7 Å². The van der Waals surface area contributed by atoms with E-state index in [0.29, 0.717) is 19.8 Å². The van der Waals surface area contributed by atoms with Crippen molar-refractivity contribution in [1.29, 1.82) is 0 Å². The number of ether oxygens (including phenoxy) is 1. The van der Waals surface area contributed by atoms with Crippen LogP contribution in [-0.2, 0) is 14.3 Å². The third kappa shape index (κ3) is 5.01. The Balaban J connectivity index is 2.41. The van der Waals surface area contributed by atoms with Crippen LogP contribution in [0, 0.1) is 0 Å². The lowest BCUT2D eigenvalue weighted by Crippen LogP contribution is -2.56. The maximum Gasteiger partial charge on any atom is 0.242 e. The first-order chi connectivity index (χ1) is 8.29. The molecule has 0 saturated carbocycles. The van der Waals surface area contributed by atoms with E-state index in [4.69, 9.17) is 4.74 Å². The van der Waals surface area contributed by atoms with Crippen molar-refractivity contribution in [3.8, 4) is 0 Å². The zero-order chi connectivity index (χ0) is 13.8. The van der Waals surface area contributed by atoms with Crippen molar-refractivity contribution in [2.24, 2.45) is 0 Å². The van der Waals surface area contributed by atoms with Crippen LogP contribution >= 0.6 is 0 Å². The van der Waals surface area contributed by atoms with Crippen LogP contribution in [0.25, 0.3) is 0 Å². The quantitative estimate of drug-likeness (QED) is 0.630. The van der Waals surface area contributed by atoms with E-state index in [1.807, 2.05) is 20.8 Å². The third-order valence-corrected chi connectivity index (χ3v) is 2.49.